The fourth-order valence-corrected chi connectivity index (χ4v) is 3.92. The Morgan fingerprint density at radius 3 is 2.44 bits per heavy atom. The third kappa shape index (κ3) is 3.91. The summed E-state index contributed by atoms with van der Waals surface area (Å²) in [6, 6.07) is 0.462. The molecule has 2 unspecified atom stereocenters. The molecule has 1 N–H and O–H groups in total. The molecule has 0 aliphatic heterocycles. The van der Waals surface area contributed by atoms with Gasteiger partial charge in [0.2, 0.25) is 5.92 Å². The van der Waals surface area contributed by atoms with Crippen LogP contribution in [0.3, 0.4) is 0 Å². The lowest BCUT2D eigenvalue weighted by molar-refractivity contribution is -0.0557. The van der Waals surface area contributed by atoms with Gasteiger partial charge in [-0.25, -0.2) is 8.78 Å². The van der Waals surface area contributed by atoms with Crippen molar-refractivity contribution < 1.29 is 8.78 Å². The zero-order chi connectivity index (χ0) is 13.0. The van der Waals surface area contributed by atoms with Crippen molar-refractivity contribution in [3.8, 4) is 0 Å². The van der Waals surface area contributed by atoms with Gasteiger partial charge in [0.05, 0.1) is 0 Å². The third-order valence-corrected chi connectivity index (χ3v) is 4.92. The van der Waals surface area contributed by atoms with Gasteiger partial charge >= 0.3 is 0 Å². The highest BCUT2D eigenvalue weighted by Crippen LogP contribution is 2.40. The third-order valence-electron chi connectivity index (χ3n) is 4.92. The van der Waals surface area contributed by atoms with Crippen molar-refractivity contribution in [2.45, 2.75) is 76.2 Å². The van der Waals surface area contributed by atoms with Gasteiger partial charge in [-0.15, -0.1) is 0 Å². The average molecular weight is 259 g/mol. The van der Waals surface area contributed by atoms with Crippen LogP contribution in [-0.4, -0.2) is 19.0 Å². The molecule has 2 aliphatic carbocycles. The van der Waals surface area contributed by atoms with Gasteiger partial charge in [-0.2, -0.15) is 0 Å². The van der Waals surface area contributed by atoms with Crippen molar-refractivity contribution in [2.24, 2.45) is 11.8 Å². The lowest BCUT2D eigenvalue weighted by atomic mass is 9.76. The van der Waals surface area contributed by atoms with Crippen molar-refractivity contribution in [2.75, 3.05) is 7.05 Å². The second kappa shape index (κ2) is 6.31. The zero-order valence-corrected chi connectivity index (χ0v) is 11.6. The molecule has 2 aliphatic rings. The van der Waals surface area contributed by atoms with Crippen LogP contribution in [0.1, 0.15) is 64.2 Å². The lowest BCUT2D eigenvalue weighted by Crippen LogP contribution is -2.38. The monoisotopic (exact) mass is 259 g/mol. The summed E-state index contributed by atoms with van der Waals surface area (Å²) in [5, 5.41) is 3.40. The molecule has 3 heteroatoms. The van der Waals surface area contributed by atoms with Gasteiger partial charge < -0.3 is 5.32 Å². The molecule has 2 saturated carbocycles. The van der Waals surface area contributed by atoms with Gasteiger partial charge in [0.1, 0.15) is 0 Å². The van der Waals surface area contributed by atoms with E-state index in [0.29, 0.717) is 12.5 Å². The van der Waals surface area contributed by atoms with Crippen LogP contribution in [0, 0.1) is 11.8 Å². The van der Waals surface area contributed by atoms with Gasteiger partial charge in [0.25, 0.3) is 0 Å². The molecule has 0 amide bonds. The van der Waals surface area contributed by atoms with Gasteiger partial charge in [-0.05, 0) is 51.0 Å². The maximum absolute atomic E-state index is 13.4. The Labute approximate surface area is 110 Å². The van der Waals surface area contributed by atoms with Crippen molar-refractivity contribution in [1.82, 2.24) is 5.32 Å². The van der Waals surface area contributed by atoms with E-state index in [2.05, 4.69) is 5.32 Å². The van der Waals surface area contributed by atoms with Crippen LogP contribution in [-0.2, 0) is 0 Å². The highest BCUT2D eigenvalue weighted by molar-refractivity contribution is 4.85. The normalized spacial score (nSPS) is 31.2. The molecular weight excluding hydrogens is 232 g/mol. The molecule has 0 aromatic heterocycles. The Balaban J connectivity index is 1.85. The predicted molar refractivity (Wildman–Crippen MR) is 70.9 cm³/mol. The van der Waals surface area contributed by atoms with Crippen LogP contribution in [0.15, 0.2) is 0 Å². The number of hydrogen-bond donors (Lipinski definition) is 1. The zero-order valence-electron chi connectivity index (χ0n) is 11.6. The van der Waals surface area contributed by atoms with E-state index < -0.39 is 5.92 Å². The van der Waals surface area contributed by atoms with Crippen LogP contribution in [0.25, 0.3) is 0 Å². The van der Waals surface area contributed by atoms with E-state index in [1.54, 1.807) is 0 Å². The molecule has 2 fully saturated rings. The van der Waals surface area contributed by atoms with Crippen LogP contribution >= 0.6 is 0 Å². The van der Waals surface area contributed by atoms with E-state index in [1.807, 2.05) is 7.05 Å². The Kier molecular flexibility index (Phi) is 4.99. The van der Waals surface area contributed by atoms with E-state index >= 15 is 0 Å². The van der Waals surface area contributed by atoms with E-state index in [1.165, 1.54) is 32.1 Å². The summed E-state index contributed by atoms with van der Waals surface area (Å²) in [7, 11) is 2.00. The minimum atomic E-state index is -2.40. The fourth-order valence-electron chi connectivity index (χ4n) is 3.92. The van der Waals surface area contributed by atoms with Crippen molar-refractivity contribution in [1.29, 1.82) is 0 Å². The topological polar surface area (TPSA) is 12.0 Å². The van der Waals surface area contributed by atoms with Crippen molar-refractivity contribution in [3.05, 3.63) is 0 Å². The first-order chi connectivity index (χ1) is 8.61. The highest BCUT2D eigenvalue weighted by Gasteiger charge is 2.37. The van der Waals surface area contributed by atoms with Gasteiger partial charge in [0, 0.05) is 18.9 Å². The van der Waals surface area contributed by atoms with Crippen molar-refractivity contribution >= 4 is 0 Å². The SMILES string of the molecule is CNC(CC1CCCC(F)(F)C1)C1CCCCC1. The first-order valence-corrected chi connectivity index (χ1v) is 7.66. The fraction of sp³-hybridized carbons (Fsp3) is 1.00. The van der Waals surface area contributed by atoms with Crippen LogP contribution < -0.4 is 5.32 Å². The summed E-state index contributed by atoms with van der Waals surface area (Å²) in [5.41, 5.74) is 0. The molecule has 2 atom stereocenters. The van der Waals surface area contributed by atoms with E-state index in [0.717, 1.165) is 18.8 Å². The van der Waals surface area contributed by atoms with E-state index in [4.69, 9.17) is 0 Å². The molecule has 0 spiro atoms. The minimum absolute atomic E-state index is 0.108. The Bertz CT molecular complexity index is 249. The van der Waals surface area contributed by atoms with Gasteiger partial charge in [0.15, 0.2) is 0 Å². The summed E-state index contributed by atoms with van der Waals surface area (Å²) in [5.74, 6) is -1.44. The highest BCUT2D eigenvalue weighted by atomic mass is 19.3. The molecule has 18 heavy (non-hydrogen) atoms. The second-order valence-electron chi connectivity index (χ2n) is 6.35. The van der Waals surface area contributed by atoms with Crippen molar-refractivity contribution in [3.63, 3.8) is 0 Å². The van der Waals surface area contributed by atoms with E-state index in [-0.39, 0.29) is 18.8 Å². The number of rotatable bonds is 4. The average Bonchev–Trinajstić information content (AvgIpc) is 2.36. The molecule has 0 heterocycles. The molecule has 0 radical (unpaired) electrons. The molecule has 0 aromatic carbocycles. The largest absolute Gasteiger partial charge is 0.317 e. The minimum Gasteiger partial charge on any atom is -0.317 e. The molecule has 0 saturated heterocycles. The number of hydrogen-bond acceptors (Lipinski definition) is 1. The molecule has 1 nitrogen and oxygen atoms in total. The number of alkyl halides is 2. The van der Waals surface area contributed by atoms with Gasteiger partial charge in [-0.1, -0.05) is 19.3 Å². The summed E-state index contributed by atoms with van der Waals surface area (Å²) < 4.78 is 26.9. The quantitative estimate of drug-likeness (QED) is 0.790. The summed E-state index contributed by atoms with van der Waals surface area (Å²) in [6.07, 6.45) is 9.47. The second-order valence-corrected chi connectivity index (χ2v) is 6.35. The van der Waals surface area contributed by atoms with E-state index in [9.17, 15) is 8.78 Å². The van der Waals surface area contributed by atoms with Crippen LogP contribution in [0.2, 0.25) is 0 Å². The Hall–Kier alpha value is -0.180. The lowest BCUT2D eigenvalue weighted by Gasteiger charge is -2.35. The molecule has 0 aromatic rings. The van der Waals surface area contributed by atoms with Crippen LogP contribution in [0.5, 0.6) is 0 Å². The molecule has 0 bridgehead atoms. The Morgan fingerprint density at radius 1 is 1.11 bits per heavy atom. The maximum Gasteiger partial charge on any atom is 0.248 e. The molecular formula is C15H27F2N. The first kappa shape index (κ1) is 14.2. The summed E-state index contributed by atoms with van der Waals surface area (Å²) in [4.78, 5) is 0. The first-order valence-electron chi connectivity index (χ1n) is 7.66. The summed E-state index contributed by atoms with van der Waals surface area (Å²) in [6.45, 7) is 0. The molecule has 2 rings (SSSR count). The maximum atomic E-state index is 13.4. The number of halogens is 2. The molecule has 106 valence electrons. The number of nitrogens with one attached hydrogen (secondary N) is 1. The summed E-state index contributed by atoms with van der Waals surface area (Å²) >= 11 is 0. The van der Waals surface area contributed by atoms with Gasteiger partial charge in [-0.3, -0.25) is 0 Å². The Morgan fingerprint density at radius 2 is 1.83 bits per heavy atom. The van der Waals surface area contributed by atoms with Crippen LogP contribution in [0.4, 0.5) is 8.78 Å². The smallest absolute Gasteiger partial charge is 0.248 e. The standard InChI is InChI=1S/C15H27F2N/c1-18-14(13-7-3-2-4-8-13)10-12-6-5-9-15(16,17)11-12/h12-14,18H,2-11H2,1H3. The predicted octanol–water partition coefficient (Wildman–Crippen LogP) is 4.37.